The molecule has 0 aromatic heterocycles. The molecule has 2 aromatic rings. The summed E-state index contributed by atoms with van der Waals surface area (Å²) in [6, 6.07) is 16.9. The number of nitrogens with one attached hydrogen (secondary N) is 1. The average Bonchev–Trinajstić information content (AvgIpc) is 2.57. The van der Waals surface area contributed by atoms with E-state index in [2.05, 4.69) is 5.32 Å². The number of rotatable bonds is 6. The Morgan fingerprint density at radius 2 is 1.70 bits per heavy atom. The second kappa shape index (κ2) is 8.13. The van der Waals surface area contributed by atoms with Crippen molar-refractivity contribution in [2.24, 2.45) is 0 Å². The number of carbonyl (C=O) groups excluding carboxylic acids is 2. The van der Waals surface area contributed by atoms with Crippen LogP contribution in [0, 0.1) is 6.92 Å². The van der Waals surface area contributed by atoms with Crippen LogP contribution in [0.2, 0.25) is 0 Å². The highest BCUT2D eigenvalue weighted by atomic mass is 16.5. The predicted octanol–water partition coefficient (Wildman–Crippen LogP) is 3.67. The van der Waals surface area contributed by atoms with E-state index in [-0.39, 0.29) is 24.4 Å². The lowest BCUT2D eigenvalue weighted by Gasteiger charge is -2.14. The van der Waals surface area contributed by atoms with Crippen molar-refractivity contribution in [3.8, 4) is 0 Å². The van der Waals surface area contributed by atoms with Crippen molar-refractivity contribution in [1.29, 1.82) is 0 Å². The van der Waals surface area contributed by atoms with Gasteiger partial charge in [-0.25, -0.2) is 0 Å². The first kappa shape index (κ1) is 16.7. The third-order valence-corrected chi connectivity index (χ3v) is 3.66. The van der Waals surface area contributed by atoms with Gasteiger partial charge in [-0.2, -0.15) is 0 Å². The molecule has 0 saturated carbocycles. The van der Waals surface area contributed by atoms with E-state index < -0.39 is 0 Å². The van der Waals surface area contributed by atoms with E-state index >= 15 is 0 Å². The van der Waals surface area contributed by atoms with Crippen molar-refractivity contribution in [2.75, 3.05) is 11.9 Å². The van der Waals surface area contributed by atoms with Crippen molar-refractivity contribution < 1.29 is 14.3 Å². The third-order valence-electron chi connectivity index (χ3n) is 3.66. The minimum atomic E-state index is -0.376. The molecule has 0 fully saturated rings. The summed E-state index contributed by atoms with van der Waals surface area (Å²) >= 11 is 0. The van der Waals surface area contributed by atoms with Crippen LogP contribution in [0.1, 0.15) is 30.4 Å². The van der Waals surface area contributed by atoms with Crippen LogP contribution in [0.25, 0.3) is 0 Å². The molecule has 0 aliphatic rings. The van der Waals surface area contributed by atoms with Gasteiger partial charge in [0.1, 0.15) is 0 Å². The SMILES string of the molecule is CC[C@H](C(=O)OCC(=O)Nc1ccccc1C)c1ccccc1. The Hall–Kier alpha value is -2.62. The number of anilines is 1. The van der Waals surface area contributed by atoms with Crippen molar-refractivity contribution in [3.05, 3.63) is 65.7 Å². The van der Waals surface area contributed by atoms with E-state index in [1.807, 2.05) is 68.4 Å². The molecule has 1 atom stereocenters. The van der Waals surface area contributed by atoms with Crippen LogP contribution in [0.4, 0.5) is 5.69 Å². The zero-order valence-electron chi connectivity index (χ0n) is 13.4. The lowest BCUT2D eigenvalue weighted by molar-refractivity contribution is -0.149. The molecule has 1 amide bonds. The Bertz CT molecular complexity index is 667. The van der Waals surface area contributed by atoms with E-state index in [4.69, 9.17) is 4.74 Å². The maximum absolute atomic E-state index is 12.2. The summed E-state index contributed by atoms with van der Waals surface area (Å²) in [6.07, 6.45) is 0.627. The van der Waals surface area contributed by atoms with Gasteiger partial charge < -0.3 is 10.1 Å². The Morgan fingerprint density at radius 1 is 1.04 bits per heavy atom. The van der Waals surface area contributed by atoms with Gasteiger partial charge in [-0.15, -0.1) is 0 Å². The van der Waals surface area contributed by atoms with Crippen LogP contribution in [-0.4, -0.2) is 18.5 Å². The van der Waals surface area contributed by atoms with Crippen molar-refractivity contribution in [3.63, 3.8) is 0 Å². The van der Waals surface area contributed by atoms with Gasteiger partial charge in [-0.05, 0) is 30.5 Å². The largest absolute Gasteiger partial charge is 0.455 e. The highest BCUT2D eigenvalue weighted by Gasteiger charge is 2.21. The summed E-state index contributed by atoms with van der Waals surface area (Å²) in [6.45, 7) is 3.55. The molecule has 4 heteroatoms. The molecule has 2 rings (SSSR count). The first-order valence-corrected chi connectivity index (χ1v) is 7.69. The molecule has 0 aliphatic carbocycles. The van der Waals surface area contributed by atoms with Crippen molar-refractivity contribution >= 4 is 17.6 Å². The monoisotopic (exact) mass is 311 g/mol. The Labute approximate surface area is 136 Å². The summed E-state index contributed by atoms with van der Waals surface area (Å²) in [7, 11) is 0. The molecule has 0 aliphatic heterocycles. The van der Waals surface area contributed by atoms with Crippen LogP contribution in [0.5, 0.6) is 0 Å². The van der Waals surface area contributed by atoms with Crippen molar-refractivity contribution in [2.45, 2.75) is 26.2 Å². The maximum Gasteiger partial charge on any atom is 0.313 e. The molecular weight excluding hydrogens is 290 g/mol. The molecule has 23 heavy (non-hydrogen) atoms. The number of ether oxygens (including phenoxy) is 1. The fourth-order valence-corrected chi connectivity index (χ4v) is 2.36. The predicted molar refractivity (Wildman–Crippen MR) is 90.2 cm³/mol. The zero-order valence-corrected chi connectivity index (χ0v) is 13.4. The normalized spacial score (nSPS) is 11.6. The zero-order chi connectivity index (χ0) is 16.7. The molecule has 0 bridgehead atoms. The summed E-state index contributed by atoms with van der Waals surface area (Å²) in [5, 5.41) is 2.75. The van der Waals surface area contributed by atoms with E-state index in [0.29, 0.717) is 6.42 Å². The lowest BCUT2D eigenvalue weighted by atomic mass is 9.97. The molecular formula is C19H21NO3. The lowest BCUT2D eigenvalue weighted by Crippen LogP contribution is -2.24. The number of para-hydroxylation sites is 1. The van der Waals surface area contributed by atoms with Gasteiger partial charge in [0.25, 0.3) is 5.91 Å². The first-order chi connectivity index (χ1) is 11.1. The van der Waals surface area contributed by atoms with Gasteiger partial charge >= 0.3 is 5.97 Å². The Morgan fingerprint density at radius 3 is 2.35 bits per heavy atom. The topological polar surface area (TPSA) is 55.4 Å². The minimum Gasteiger partial charge on any atom is -0.455 e. The molecule has 0 radical (unpaired) electrons. The van der Waals surface area contributed by atoms with E-state index in [0.717, 1.165) is 16.8 Å². The van der Waals surface area contributed by atoms with Gasteiger partial charge in [0.15, 0.2) is 6.61 Å². The standard InChI is InChI=1S/C19H21NO3/c1-3-16(15-10-5-4-6-11-15)19(22)23-13-18(21)20-17-12-8-7-9-14(17)2/h4-12,16H,3,13H2,1-2H3,(H,20,21)/t16-/m0/s1. The van der Waals surface area contributed by atoms with E-state index in [1.54, 1.807) is 0 Å². The average molecular weight is 311 g/mol. The molecule has 0 spiro atoms. The molecule has 4 nitrogen and oxygen atoms in total. The quantitative estimate of drug-likeness (QED) is 0.828. The smallest absolute Gasteiger partial charge is 0.313 e. The van der Waals surface area contributed by atoms with Gasteiger partial charge in [0.05, 0.1) is 5.92 Å². The third kappa shape index (κ3) is 4.68. The molecule has 2 aromatic carbocycles. The highest BCUT2D eigenvalue weighted by Crippen LogP contribution is 2.20. The van der Waals surface area contributed by atoms with Gasteiger partial charge in [-0.1, -0.05) is 55.5 Å². The summed E-state index contributed by atoms with van der Waals surface area (Å²) < 4.78 is 5.17. The van der Waals surface area contributed by atoms with Crippen LogP contribution in [0.15, 0.2) is 54.6 Å². The second-order valence-electron chi connectivity index (χ2n) is 5.34. The summed E-state index contributed by atoms with van der Waals surface area (Å²) in [4.78, 5) is 24.1. The van der Waals surface area contributed by atoms with Crippen LogP contribution >= 0.6 is 0 Å². The number of amides is 1. The Balaban J connectivity index is 1.90. The molecule has 0 saturated heterocycles. The summed E-state index contributed by atoms with van der Waals surface area (Å²) in [5.41, 5.74) is 2.59. The molecule has 1 N–H and O–H groups in total. The summed E-state index contributed by atoms with van der Waals surface area (Å²) in [5.74, 6) is -1.06. The van der Waals surface area contributed by atoms with Crippen LogP contribution in [-0.2, 0) is 14.3 Å². The number of hydrogen-bond donors (Lipinski definition) is 1. The number of hydrogen-bond acceptors (Lipinski definition) is 3. The van der Waals surface area contributed by atoms with Crippen molar-refractivity contribution in [1.82, 2.24) is 0 Å². The highest BCUT2D eigenvalue weighted by molar-refractivity contribution is 5.93. The minimum absolute atomic E-state index is 0.281. The van der Waals surface area contributed by atoms with Crippen LogP contribution < -0.4 is 5.32 Å². The second-order valence-corrected chi connectivity index (χ2v) is 5.34. The number of esters is 1. The molecule has 0 heterocycles. The van der Waals surface area contributed by atoms with Gasteiger partial charge in [0, 0.05) is 5.69 Å². The van der Waals surface area contributed by atoms with Crippen LogP contribution in [0.3, 0.4) is 0 Å². The maximum atomic E-state index is 12.2. The number of benzene rings is 2. The Kier molecular flexibility index (Phi) is 5.92. The number of aryl methyl sites for hydroxylation is 1. The molecule has 0 unspecified atom stereocenters. The van der Waals surface area contributed by atoms with Gasteiger partial charge in [-0.3, -0.25) is 9.59 Å². The fraction of sp³-hybridized carbons (Fsp3) is 0.263. The fourth-order valence-electron chi connectivity index (χ4n) is 2.36. The first-order valence-electron chi connectivity index (χ1n) is 7.69. The number of carbonyl (C=O) groups is 2. The van der Waals surface area contributed by atoms with E-state index in [1.165, 1.54) is 0 Å². The van der Waals surface area contributed by atoms with Gasteiger partial charge in [0.2, 0.25) is 0 Å². The molecule has 120 valence electrons. The van der Waals surface area contributed by atoms with E-state index in [9.17, 15) is 9.59 Å².